The lowest BCUT2D eigenvalue weighted by Gasteiger charge is -2.10. The van der Waals surface area contributed by atoms with Crippen LogP contribution in [-0.4, -0.2) is 25.0 Å². The number of aryl methyl sites for hydroxylation is 2. The van der Waals surface area contributed by atoms with Crippen LogP contribution in [0, 0.1) is 0 Å². The normalized spacial score (nSPS) is 21.8. The Morgan fingerprint density at radius 1 is 1.24 bits per heavy atom. The highest BCUT2D eigenvalue weighted by atomic mass is 35.5. The highest BCUT2D eigenvalue weighted by molar-refractivity contribution is 7.14. The summed E-state index contributed by atoms with van der Waals surface area (Å²) in [4.78, 5) is 14.6. The smallest absolute Gasteiger partial charge is 0.261 e. The number of fused-ring (bicyclic) bond motifs is 1. The van der Waals surface area contributed by atoms with Crippen molar-refractivity contribution < 1.29 is 4.79 Å². The summed E-state index contributed by atoms with van der Waals surface area (Å²) >= 11 is 1.72. The van der Waals surface area contributed by atoms with E-state index in [9.17, 15) is 4.79 Å². The third kappa shape index (κ3) is 4.44. The summed E-state index contributed by atoms with van der Waals surface area (Å²) in [6.45, 7) is 1.86. The third-order valence-electron chi connectivity index (χ3n) is 4.39. The molecular formula is C16H25ClN2OS. The molecule has 0 spiro atoms. The Bertz CT molecular complexity index is 443. The van der Waals surface area contributed by atoms with Crippen molar-refractivity contribution >= 4 is 29.7 Å². The van der Waals surface area contributed by atoms with Crippen molar-refractivity contribution in [3.8, 4) is 0 Å². The Hall–Kier alpha value is -0.580. The molecule has 0 radical (unpaired) electrons. The zero-order valence-corrected chi connectivity index (χ0v) is 14.1. The molecule has 1 aromatic rings. The first-order valence-electron chi connectivity index (χ1n) is 7.96. The van der Waals surface area contributed by atoms with E-state index in [0.29, 0.717) is 6.04 Å². The van der Waals surface area contributed by atoms with E-state index in [0.717, 1.165) is 30.8 Å². The molecule has 1 unspecified atom stereocenters. The number of halogens is 1. The van der Waals surface area contributed by atoms with Gasteiger partial charge in [0.2, 0.25) is 0 Å². The first-order valence-corrected chi connectivity index (χ1v) is 8.78. The molecule has 1 aliphatic carbocycles. The summed E-state index contributed by atoms with van der Waals surface area (Å²) < 4.78 is 0. The summed E-state index contributed by atoms with van der Waals surface area (Å²) in [6, 6.07) is 2.61. The molecule has 3 nitrogen and oxygen atoms in total. The van der Waals surface area contributed by atoms with E-state index < -0.39 is 0 Å². The number of hydrogen-bond donors (Lipinski definition) is 2. The fourth-order valence-electron chi connectivity index (χ4n) is 3.19. The fraction of sp³-hybridized carbons (Fsp3) is 0.688. The lowest BCUT2D eigenvalue weighted by atomic mass is 10.00. The van der Waals surface area contributed by atoms with Crippen molar-refractivity contribution in [1.82, 2.24) is 10.6 Å². The van der Waals surface area contributed by atoms with Crippen LogP contribution in [0.1, 0.15) is 58.6 Å². The van der Waals surface area contributed by atoms with Crippen LogP contribution in [0.5, 0.6) is 0 Å². The molecule has 2 aliphatic rings. The van der Waals surface area contributed by atoms with E-state index >= 15 is 0 Å². The van der Waals surface area contributed by atoms with Crippen LogP contribution in [-0.2, 0) is 12.8 Å². The van der Waals surface area contributed by atoms with Gasteiger partial charge >= 0.3 is 0 Å². The Morgan fingerprint density at radius 3 is 2.81 bits per heavy atom. The van der Waals surface area contributed by atoms with E-state index in [4.69, 9.17) is 0 Å². The Balaban J connectivity index is 0.00000161. The first-order chi connectivity index (χ1) is 9.83. The molecule has 1 aliphatic heterocycles. The Morgan fingerprint density at radius 2 is 2.05 bits per heavy atom. The van der Waals surface area contributed by atoms with Gasteiger partial charge in [-0.2, -0.15) is 0 Å². The number of carbonyl (C=O) groups excluding carboxylic acids is 1. The van der Waals surface area contributed by atoms with Crippen molar-refractivity contribution in [1.29, 1.82) is 0 Å². The van der Waals surface area contributed by atoms with Crippen LogP contribution >= 0.6 is 23.7 Å². The zero-order chi connectivity index (χ0) is 13.8. The molecule has 2 N–H and O–H groups in total. The van der Waals surface area contributed by atoms with Gasteiger partial charge in [-0.3, -0.25) is 4.79 Å². The molecule has 21 heavy (non-hydrogen) atoms. The zero-order valence-electron chi connectivity index (χ0n) is 12.5. The van der Waals surface area contributed by atoms with Gasteiger partial charge in [0.05, 0.1) is 4.88 Å². The molecule has 0 bridgehead atoms. The topological polar surface area (TPSA) is 41.1 Å². The summed E-state index contributed by atoms with van der Waals surface area (Å²) in [7, 11) is 0. The fourth-order valence-corrected chi connectivity index (χ4v) is 4.36. The minimum absolute atomic E-state index is 0. The third-order valence-corrected chi connectivity index (χ3v) is 5.63. The SMILES string of the molecule is Cl.O=C(NCC1CCCN1)c1cc2c(s1)CCCCCC2. The van der Waals surface area contributed by atoms with E-state index in [1.807, 2.05) is 0 Å². The Labute approximate surface area is 137 Å². The summed E-state index contributed by atoms with van der Waals surface area (Å²) in [5.41, 5.74) is 1.43. The van der Waals surface area contributed by atoms with Crippen LogP contribution in [0.15, 0.2) is 6.07 Å². The van der Waals surface area contributed by atoms with Gasteiger partial charge in [0.25, 0.3) is 5.91 Å². The molecule has 1 saturated heterocycles. The number of rotatable bonds is 3. The average Bonchev–Trinajstić information content (AvgIpc) is 3.06. The number of carbonyl (C=O) groups is 1. The lowest BCUT2D eigenvalue weighted by molar-refractivity contribution is 0.0954. The van der Waals surface area contributed by atoms with Crippen LogP contribution in [0.2, 0.25) is 0 Å². The van der Waals surface area contributed by atoms with E-state index in [-0.39, 0.29) is 18.3 Å². The molecule has 0 aromatic carbocycles. The van der Waals surface area contributed by atoms with Gasteiger partial charge in [0.1, 0.15) is 0 Å². The molecule has 1 aromatic heterocycles. The van der Waals surface area contributed by atoms with Gasteiger partial charge in [0.15, 0.2) is 0 Å². The standard InChI is InChI=1S/C16H24N2OS.ClH/c19-16(18-11-13-7-5-9-17-13)15-10-12-6-3-1-2-4-8-14(12)20-15;/h10,13,17H,1-9,11H2,(H,18,19);1H. The molecule has 0 saturated carbocycles. The molecule has 3 rings (SSSR count). The molecule has 1 amide bonds. The quantitative estimate of drug-likeness (QED) is 0.893. The maximum absolute atomic E-state index is 12.3. The Kier molecular flexibility index (Phi) is 6.52. The largest absolute Gasteiger partial charge is 0.350 e. The van der Waals surface area contributed by atoms with Gasteiger partial charge < -0.3 is 10.6 Å². The number of hydrogen-bond acceptors (Lipinski definition) is 3. The van der Waals surface area contributed by atoms with Crippen molar-refractivity contribution in [3.63, 3.8) is 0 Å². The summed E-state index contributed by atoms with van der Waals surface area (Å²) in [5.74, 6) is 0.121. The second kappa shape index (κ2) is 8.16. The van der Waals surface area contributed by atoms with Crippen molar-refractivity contribution in [2.45, 2.75) is 57.4 Å². The molecule has 118 valence electrons. The maximum atomic E-state index is 12.3. The van der Waals surface area contributed by atoms with Crippen molar-refractivity contribution in [3.05, 3.63) is 21.4 Å². The molecule has 2 heterocycles. The van der Waals surface area contributed by atoms with Crippen LogP contribution < -0.4 is 10.6 Å². The second-order valence-electron chi connectivity index (χ2n) is 5.98. The monoisotopic (exact) mass is 328 g/mol. The number of thiophene rings is 1. The van der Waals surface area contributed by atoms with Gasteiger partial charge in [-0.15, -0.1) is 23.7 Å². The number of nitrogens with one attached hydrogen (secondary N) is 2. The first kappa shape index (κ1) is 16.8. The lowest BCUT2D eigenvalue weighted by Crippen LogP contribution is -2.36. The van der Waals surface area contributed by atoms with E-state index in [1.54, 1.807) is 11.3 Å². The van der Waals surface area contributed by atoms with E-state index in [1.165, 1.54) is 49.0 Å². The van der Waals surface area contributed by atoms with Crippen LogP contribution in [0.25, 0.3) is 0 Å². The predicted molar refractivity (Wildman–Crippen MR) is 90.8 cm³/mol. The molecule has 5 heteroatoms. The summed E-state index contributed by atoms with van der Waals surface area (Å²) in [5, 5.41) is 6.51. The van der Waals surface area contributed by atoms with Crippen LogP contribution in [0.4, 0.5) is 0 Å². The second-order valence-corrected chi connectivity index (χ2v) is 7.11. The highest BCUT2D eigenvalue weighted by Crippen LogP contribution is 2.28. The van der Waals surface area contributed by atoms with Gasteiger partial charge in [0, 0.05) is 17.5 Å². The molecular weight excluding hydrogens is 304 g/mol. The predicted octanol–water partition coefficient (Wildman–Crippen LogP) is 3.31. The minimum Gasteiger partial charge on any atom is -0.350 e. The van der Waals surface area contributed by atoms with Gasteiger partial charge in [-0.05, 0) is 56.7 Å². The molecule has 1 fully saturated rings. The minimum atomic E-state index is 0. The van der Waals surface area contributed by atoms with Gasteiger partial charge in [-0.25, -0.2) is 0 Å². The van der Waals surface area contributed by atoms with Crippen LogP contribution in [0.3, 0.4) is 0 Å². The van der Waals surface area contributed by atoms with Crippen molar-refractivity contribution in [2.75, 3.05) is 13.1 Å². The summed E-state index contributed by atoms with van der Waals surface area (Å²) in [6.07, 6.45) is 9.96. The highest BCUT2D eigenvalue weighted by Gasteiger charge is 2.18. The molecule has 1 atom stereocenters. The maximum Gasteiger partial charge on any atom is 0.261 e. The van der Waals surface area contributed by atoms with E-state index in [2.05, 4.69) is 16.7 Å². The van der Waals surface area contributed by atoms with Crippen molar-refractivity contribution in [2.24, 2.45) is 0 Å². The van der Waals surface area contributed by atoms with Gasteiger partial charge in [-0.1, -0.05) is 12.8 Å². The number of amides is 1. The average molecular weight is 329 g/mol.